The Hall–Kier alpha value is -2.66. The molecular formula is C20H23N3O2. The first-order valence-electron chi connectivity index (χ1n) is 8.37. The highest BCUT2D eigenvalue weighted by molar-refractivity contribution is 5.80. The van der Waals surface area contributed by atoms with Crippen LogP contribution in [0.1, 0.15) is 30.1 Å². The van der Waals surface area contributed by atoms with Gasteiger partial charge in [0.1, 0.15) is 5.76 Å². The van der Waals surface area contributed by atoms with Crippen LogP contribution < -0.4 is 5.32 Å². The predicted octanol–water partition coefficient (Wildman–Crippen LogP) is 3.70. The normalized spacial score (nSPS) is 11.6. The van der Waals surface area contributed by atoms with Gasteiger partial charge in [0.05, 0.1) is 12.2 Å². The average Bonchev–Trinajstić information content (AvgIpc) is 3.24. The number of aryl methyl sites for hydroxylation is 1. The van der Waals surface area contributed by atoms with Crippen LogP contribution >= 0.6 is 0 Å². The number of hydrogen-bond donors (Lipinski definition) is 1. The van der Waals surface area contributed by atoms with Gasteiger partial charge in [0.15, 0.2) is 0 Å². The van der Waals surface area contributed by atoms with Crippen molar-refractivity contribution in [1.29, 1.82) is 0 Å². The van der Waals surface area contributed by atoms with E-state index in [-0.39, 0.29) is 18.0 Å². The number of nitrogens with one attached hydrogen (secondary N) is 1. The molecule has 2 heterocycles. The van der Waals surface area contributed by atoms with Crippen molar-refractivity contribution in [2.24, 2.45) is 0 Å². The number of hydrogen-bond acceptors (Lipinski definition) is 4. The van der Waals surface area contributed by atoms with E-state index in [0.29, 0.717) is 12.3 Å². The lowest BCUT2D eigenvalue weighted by Gasteiger charge is -2.25. The topological polar surface area (TPSA) is 60.1 Å². The highest BCUT2D eigenvalue weighted by atomic mass is 16.4. The van der Waals surface area contributed by atoms with Crippen LogP contribution in [0.2, 0.25) is 0 Å². The maximum absolute atomic E-state index is 12.1. The molecule has 0 fully saturated rings. The third-order valence-electron chi connectivity index (χ3n) is 4.13. The van der Waals surface area contributed by atoms with E-state index < -0.39 is 0 Å². The molecule has 0 atom stereocenters. The van der Waals surface area contributed by atoms with E-state index in [2.05, 4.69) is 24.1 Å². The van der Waals surface area contributed by atoms with Crippen molar-refractivity contribution < 1.29 is 9.21 Å². The van der Waals surface area contributed by atoms with Crippen LogP contribution in [0.4, 0.5) is 0 Å². The fourth-order valence-corrected chi connectivity index (χ4v) is 2.68. The van der Waals surface area contributed by atoms with E-state index >= 15 is 0 Å². The Labute approximate surface area is 147 Å². The summed E-state index contributed by atoms with van der Waals surface area (Å²) in [6.45, 7) is 6.32. The molecule has 0 unspecified atom stereocenters. The van der Waals surface area contributed by atoms with Crippen molar-refractivity contribution in [3.63, 3.8) is 0 Å². The van der Waals surface area contributed by atoms with Crippen molar-refractivity contribution in [3.8, 4) is 11.5 Å². The van der Waals surface area contributed by atoms with Crippen LogP contribution in [0.3, 0.4) is 0 Å². The standard InChI is InChI=1S/C20H23N3O2/c1-15-17(22-19(25-15)16-9-5-4-6-10-16)13-20(2,3)21-14-18(24)23-11-7-8-12-23/h4-12,21H,13-14H2,1-3H3. The smallest absolute Gasteiger partial charge is 0.244 e. The molecule has 0 spiro atoms. The highest BCUT2D eigenvalue weighted by Gasteiger charge is 2.23. The highest BCUT2D eigenvalue weighted by Crippen LogP contribution is 2.23. The molecule has 3 rings (SSSR count). The van der Waals surface area contributed by atoms with Gasteiger partial charge in [-0.1, -0.05) is 18.2 Å². The van der Waals surface area contributed by atoms with Crippen LogP contribution in [0.5, 0.6) is 0 Å². The number of rotatable bonds is 6. The third-order valence-corrected chi connectivity index (χ3v) is 4.13. The van der Waals surface area contributed by atoms with Crippen molar-refractivity contribution in [2.45, 2.75) is 32.7 Å². The Kier molecular flexibility index (Phi) is 4.86. The molecule has 1 N–H and O–H groups in total. The Morgan fingerprint density at radius 1 is 1.16 bits per heavy atom. The number of carbonyl (C=O) groups excluding carboxylic acids is 1. The zero-order valence-electron chi connectivity index (χ0n) is 14.8. The summed E-state index contributed by atoms with van der Waals surface area (Å²) in [7, 11) is 0. The maximum Gasteiger partial charge on any atom is 0.244 e. The van der Waals surface area contributed by atoms with Gasteiger partial charge in [0, 0.05) is 29.9 Å². The second-order valence-electron chi connectivity index (χ2n) is 6.79. The van der Waals surface area contributed by atoms with Crippen LogP contribution in [0.15, 0.2) is 59.3 Å². The number of benzene rings is 1. The third kappa shape index (κ3) is 4.25. The fraction of sp³-hybridized carbons (Fsp3) is 0.300. The Morgan fingerprint density at radius 3 is 2.52 bits per heavy atom. The number of aromatic nitrogens is 2. The van der Waals surface area contributed by atoms with Crippen molar-refractivity contribution in [1.82, 2.24) is 14.9 Å². The first-order chi connectivity index (χ1) is 11.9. The lowest BCUT2D eigenvalue weighted by atomic mass is 9.97. The van der Waals surface area contributed by atoms with Crippen molar-refractivity contribution in [2.75, 3.05) is 6.54 Å². The van der Waals surface area contributed by atoms with Crippen LogP contribution in [0, 0.1) is 6.92 Å². The summed E-state index contributed by atoms with van der Waals surface area (Å²) < 4.78 is 7.40. The summed E-state index contributed by atoms with van der Waals surface area (Å²) in [6.07, 6.45) is 4.18. The molecule has 0 saturated carbocycles. The lowest BCUT2D eigenvalue weighted by molar-refractivity contribution is 0.0901. The molecule has 1 aromatic carbocycles. The molecule has 5 nitrogen and oxygen atoms in total. The van der Waals surface area contributed by atoms with E-state index in [1.807, 2.05) is 49.4 Å². The first-order valence-corrected chi connectivity index (χ1v) is 8.37. The quantitative estimate of drug-likeness (QED) is 0.745. The molecule has 0 amide bonds. The number of carbonyl (C=O) groups is 1. The molecule has 130 valence electrons. The monoisotopic (exact) mass is 337 g/mol. The van der Waals surface area contributed by atoms with Gasteiger partial charge < -0.3 is 9.73 Å². The second-order valence-corrected chi connectivity index (χ2v) is 6.79. The Balaban J connectivity index is 1.66. The van der Waals surface area contributed by atoms with Gasteiger partial charge in [0.25, 0.3) is 0 Å². The molecule has 0 saturated heterocycles. The largest absolute Gasteiger partial charge is 0.441 e. The molecule has 0 aliphatic rings. The minimum absolute atomic E-state index is 0.0138. The van der Waals surface area contributed by atoms with Gasteiger partial charge in [0.2, 0.25) is 11.8 Å². The SMILES string of the molecule is Cc1oc(-c2ccccc2)nc1CC(C)(C)NCC(=O)n1cccc1. The summed E-state index contributed by atoms with van der Waals surface area (Å²) in [5, 5.41) is 3.32. The number of nitrogens with zero attached hydrogens (tertiary/aromatic N) is 2. The molecule has 2 aromatic heterocycles. The average molecular weight is 337 g/mol. The Morgan fingerprint density at radius 2 is 1.84 bits per heavy atom. The van der Waals surface area contributed by atoms with Crippen molar-refractivity contribution in [3.05, 3.63) is 66.3 Å². The van der Waals surface area contributed by atoms with Crippen molar-refractivity contribution >= 4 is 5.91 Å². The van der Waals surface area contributed by atoms with E-state index in [1.165, 1.54) is 0 Å². The fourth-order valence-electron chi connectivity index (χ4n) is 2.68. The minimum atomic E-state index is -0.279. The summed E-state index contributed by atoms with van der Waals surface area (Å²) in [6, 6.07) is 13.5. The van der Waals surface area contributed by atoms with Gasteiger partial charge in [-0.05, 0) is 45.0 Å². The maximum atomic E-state index is 12.1. The van der Waals surface area contributed by atoms with Crippen LogP contribution in [-0.4, -0.2) is 27.5 Å². The van der Waals surface area contributed by atoms with Gasteiger partial charge in [-0.25, -0.2) is 4.98 Å². The van der Waals surface area contributed by atoms with Crippen LogP contribution in [0.25, 0.3) is 11.5 Å². The summed E-state index contributed by atoms with van der Waals surface area (Å²) in [5.74, 6) is 1.46. The summed E-state index contributed by atoms with van der Waals surface area (Å²) >= 11 is 0. The predicted molar refractivity (Wildman–Crippen MR) is 97.5 cm³/mol. The molecule has 25 heavy (non-hydrogen) atoms. The molecule has 0 aliphatic carbocycles. The first kappa shape index (κ1) is 17.2. The zero-order chi connectivity index (χ0) is 17.9. The zero-order valence-corrected chi connectivity index (χ0v) is 14.8. The van der Waals surface area contributed by atoms with Gasteiger partial charge in [-0.3, -0.25) is 9.36 Å². The van der Waals surface area contributed by atoms with Gasteiger partial charge in [-0.15, -0.1) is 0 Å². The summed E-state index contributed by atoms with van der Waals surface area (Å²) in [4.78, 5) is 16.8. The lowest BCUT2D eigenvalue weighted by Crippen LogP contribution is -2.45. The molecule has 0 bridgehead atoms. The molecule has 5 heteroatoms. The molecule has 0 radical (unpaired) electrons. The molecule has 0 aliphatic heterocycles. The van der Waals surface area contributed by atoms with Gasteiger partial charge in [-0.2, -0.15) is 0 Å². The molecular weight excluding hydrogens is 314 g/mol. The minimum Gasteiger partial charge on any atom is -0.441 e. The second kappa shape index (κ2) is 7.07. The van der Waals surface area contributed by atoms with E-state index in [9.17, 15) is 4.79 Å². The van der Waals surface area contributed by atoms with Gasteiger partial charge >= 0.3 is 0 Å². The molecule has 3 aromatic rings. The number of oxazole rings is 1. The van der Waals surface area contributed by atoms with E-state index in [0.717, 1.165) is 17.0 Å². The summed E-state index contributed by atoms with van der Waals surface area (Å²) in [5.41, 5.74) is 1.59. The van der Waals surface area contributed by atoms with E-state index in [4.69, 9.17) is 4.42 Å². The Bertz CT molecular complexity index is 833. The van der Waals surface area contributed by atoms with Crippen LogP contribution in [-0.2, 0) is 6.42 Å². The van der Waals surface area contributed by atoms with E-state index in [1.54, 1.807) is 17.0 Å².